The maximum atomic E-state index is 12.9. The highest BCUT2D eigenvalue weighted by Gasteiger charge is 2.47. The number of ether oxygens (including phenoxy) is 1. The standard InChI is InChI=1S/C20H21N7O2/c28-17(25-15-3-1-6-21-13-15)16-14-27-12-9-22-18(27)20(29-16)4-10-26(11-5-20)19-23-7-2-8-24-19/h1-3,6-9,12-13,16H,4-5,10-11,14H2,(H,25,28). The number of piperidine rings is 1. The molecule has 1 atom stereocenters. The van der Waals surface area contributed by atoms with Gasteiger partial charge in [-0.3, -0.25) is 9.78 Å². The molecule has 0 aromatic carbocycles. The van der Waals surface area contributed by atoms with Gasteiger partial charge >= 0.3 is 0 Å². The van der Waals surface area contributed by atoms with Crippen molar-refractivity contribution in [2.24, 2.45) is 0 Å². The zero-order valence-electron chi connectivity index (χ0n) is 15.8. The summed E-state index contributed by atoms with van der Waals surface area (Å²) in [4.78, 5) is 32.3. The third-order valence-corrected chi connectivity index (χ3v) is 5.48. The topological polar surface area (TPSA) is 98.1 Å². The molecule has 0 radical (unpaired) electrons. The van der Waals surface area contributed by atoms with Crippen LogP contribution in [0, 0.1) is 0 Å². The van der Waals surface area contributed by atoms with E-state index in [9.17, 15) is 4.79 Å². The van der Waals surface area contributed by atoms with Crippen LogP contribution in [0.5, 0.6) is 0 Å². The molecular weight excluding hydrogens is 370 g/mol. The molecule has 5 heterocycles. The molecule has 1 saturated heterocycles. The van der Waals surface area contributed by atoms with Crippen LogP contribution < -0.4 is 10.2 Å². The Morgan fingerprint density at radius 2 is 1.93 bits per heavy atom. The zero-order valence-corrected chi connectivity index (χ0v) is 15.8. The second-order valence-corrected chi connectivity index (χ2v) is 7.27. The molecule has 2 aliphatic heterocycles. The smallest absolute Gasteiger partial charge is 0.255 e. The molecule has 3 aromatic rings. The number of nitrogens with zero attached hydrogens (tertiary/aromatic N) is 6. The van der Waals surface area contributed by atoms with E-state index in [1.165, 1.54) is 0 Å². The minimum Gasteiger partial charge on any atom is -0.352 e. The first-order valence-corrected chi connectivity index (χ1v) is 9.66. The van der Waals surface area contributed by atoms with Crippen LogP contribution in [0.2, 0.25) is 0 Å². The van der Waals surface area contributed by atoms with Gasteiger partial charge in [0.25, 0.3) is 5.91 Å². The summed E-state index contributed by atoms with van der Waals surface area (Å²) < 4.78 is 8.47. The normalized spacial score (nSPS) is 20.3. The highest BCUT2D eigenvalue weighted by Crippen LogP contribution is 2.40. The summed E-state index contributed by atoms with van der Waals surface area (Å²) in [5, 5.41) is 2.90. The Bertz CT molecular complexity index is 984. The molecule has 1 amide bonds. The summed E-state index contributed by atoms with van der Waals surface area (Å²) in [6, 6.07) is 5.40. The number of nitrogens with one attached hydrogen (secondary N) is 1. The second kappa shape index (κ2) is 7.25. The fraction of sp³-hybridized carbons (Fsp3) is 0.350. The van der Waals surface area contributed by atoms with Gasteiger partial charge in [0.15, 0.2) is 6.10 Å². The van der Waals surface area contributed by atoms with Crippen molar-refractivity contribution < 1.29 is 9.53 Å². The number of hydrogen-bond donors (Lipinski definition) is 1. The number of rotatable bonds is 3. The predicted molar refractivity (Wildman–Crippen MR) is 105 cm³/mol. The van der Waals surface area contributed by atoms with Crippen molar-refractivity contribution in [3.63, 3.8) is 0 Å². The molecule has 29 heavy (non-hydrogen) atoms. The lowest BCUT2D eigenvalue weighted by atomic mass is 9.88. The van der Waals surface area contributed by atoms with Crippen LogP contribution >= 0.6 is 0 Å². The Morgan fingerprint density at radius 1 is 1.10 bits per heavy atom. The first-order chi connectivity index (χ1) is 14.2. The number of hydrogen-bond acceptors (Lipinski definition) is 7. The van der Waals surface area contributed by atoms with Crippen LogP contribution in [0.15, 0.2) is 55.4 Å². The number of aromatic nitrogens is 5. The van der Waals surface area contributed by atoms with Crippen LogP contribution in [-0.2, 0) is 21.7 Å². The van der Waals surface area contributed by atoms with Gasteiger partial charge in [0.05, 0.1) is 18.4 Å². The van der Waals surface area contributed by atoms with Gasteiger partial charge in [0.1, 0.15) is 11.4 Å². The van der Waals surface area contributed by atoms with E-state index in [4.69, 9.17) is 4.74 Å². The quantitative estimate of drug-likeness (QED) is 0.724. The molecule has 1 unspecified atom stereocenters. The maximum absolute atomic E-state index is 12.9. The Kier molecular flexibility index (Phi) is 4.44. The van der Waals surface area contributed by atoms with Gasteiger partial charge in [-0.25, -0.2) is 15.0 Å². The molecule has 5 rings (SSSR count). The lowest BCUT2D eigenvalue weighted by molar-refractivity contribution is -0.162. The van der Waals surface area contributed by atoms with Gasteiger partial charge in [-0.15, -0.1) is 0 Å². The van der Waals surface area contributed by atoms with E-state index >= 15 is 0 Å². The molecule has 0 aliphatic carbocycles. The second-order valence-electron chi connectivity index (χ2n) is 7.27. The van der Waals surface area contributed by atoms with Crippen LogP contribution in [-0.4, -0.2) is 49.6 Å². The molecule has 0 saturated carbocycles. The Morgan fingerprint density at radius 3 is 2.69 bits per heavy atom. The van der Waals surface area contributed by atoms with Crippen molar-refractivity contribution in [2.45, 2.75) is 31.1 Å². The van der Waals surface area contributed by atoms with Gasteiger partial charge < -0.3 is 19.5 Å². The molecule has 9 heteroatoms. The molecular formula is C20H21N7O2. The highest BCUT2D eigenvalue weighted by molar-refractivity contribution is 5.94. The molecule has 3 aromatic heterocycles. The Hall–Kier alpha value is -3.33. The number of amides is 1. The van der Waals surface area contributed by atoms with Crippen molar-refractivity contribution in [3.8, 4) is 0 Å². The molecule has 148 valence electrons. The van der Waals surface area contributed by atoms with E-state index in [0.717, 1.165) is 18.9 Å². The van der Waals surface area contributed by atoms with E-state index < -0.39 is 11.7 Å². The molecule has 1 N–H and O–H groups in total. The maximum Gasteiger partial charge on any atom is 0.255 e. The third-order valence-electron chi connectivity index (χ3n) is 5.48. The number of fused-ring (bicyclic) bond motifs is 2. The first-order valence-electron chi connectivity index (χ1n) is 9.66. The minimum absolute atomic E-state index is 0.175. The van der Waals surface area contributed by atoms with Crippen molar-refractivity contribution in [3.05, 3.63) is 61.2 Å². The van der Waals surface area contributed by atoms with Gasteiger partial charge in [0.2, 0.25) is 5.95 Å². The Balaban J connectivity index is 1.35. The van der Waals surface area contributed by atoms with Crippen molar-refractivity contribution in [1.82, 2.24) is 24.5 Å². The summed E-state index contributed by atoms with van der Waals surface area (Å²) >= 11 is 0. The number of imidazole rings is 1. The number of carbonyl (C=O) groups is 1. The van der Waals surface area contributed by atoms with Gasteiger partial charge in [0, 0.05) is 56.9 Å². The average molecular weight is 391 g/mol. The largest absolute Gasteiger partial charge is 0.352 e. The van der Waals surface area contributed by atoms with Crippen molar-refractivity contribution in [2.75, 3.05) is 23.3 Å². The average Bonchev–Trinajstić information content (AvgIpc) is 3.25. The van der Waals surface area contributed by atoms with E-state index in [1.807, 2.05) is 16.8 Å². The van der Waals surface area contributed by atoms with Crippen LogP contribution in [0.25, 0.3) is 0 Å². The lowest BCUT2D eigenvalue weighted by Crippen LogP contribution is -2.53. The summed E-state index contributed by atoms with van der Waals surface area (Å²) in [5.41, 5.74) is 0.0619. The lowest BCUT2D eigenvalue weighted by Gasteiger charge is -2.45. The van der Waals surface area contributed by atoms with E-state index in [-0.39, 0.29) is 5.91 Å². The SMILES string of the molecule is O=C(Nc1cccnc1)C1Cn2ccnc2C2(CCN(c3ncccn3)CC2)O1. The van der Waals surface area contributed by atoms with Gasteiger partial charge in [-0.05, 0) is 18.2 Å². The summed E-state index contributed by atoms with van der Waals surface area (Å²) in [7, 11) is 0. The number of carbonyl (C=O) groups excluding carboxylic acids is 1. The zero-order chi connectivity index (χ0) is 19.7. The molecule has 9 nitrogen and oxygen atoms in total. The Labute approximate surface area is 167 Å². The number of pyridine rings is 1. The predicted octanol–water partition coefficient (Wildman–Crippen LogP) is 1.60. The molecule has 1 fully saturated rings. The first kappa shape index (κ1) is 17.7. The minimum atomic E-state index is -0.601. The summed E-state index contributed by atoms with van der Waals surface area (Å²) in [6.07, 6.45) is 11.3. The summed E-state index contributed by atoms with van der Waals surface area (Å²) in [5.74, 6) is 1.43. The van der Waals surface area contributed by atoms with E-state index in [2.05, 4.69) is 30.2 Å². The van der Waals surface area contributed by atoms with Gasteiger partial charge in [-0.2, -0.15) is 0 Å². The fourth-order valence-electron chi connectivity index (χ4n) is 4.06. The number of anilines is 2. The van der Waals surface area contributed by atoms with Crippen LogP contribution in [0.4, 0.5) is 11.6 Å². The van der Waals surface area contributed by atoms with E-state index in [1.54, 1.807) is 43.1 Å². The molecule has 1 spiro atoms. The van der Waals surface area contributed by atoms with Crippen LogP contribution in [0.1, 0.15) is 18.7 Å². The van der Waals surface area contributed by atoms with Crippen molar-refractivity contribution >= 4 is 17.5 Å². The van der Waals surface area contributed by atoms with Gasteiger partial charge in [-0.1, -0.05) is 0 Å². The fourth-order valence-corrected chi connectivity index (χ4v) is 4.06. The van der Waals surface area contributed by atoms with E-state index in [0.29, 0.717) is 31.0 Å². The van der Waals surface area contributed by atoms with Crippen LogP contribution in [0.3, 0.4) is 0 Å². The third kappa shape index (κ3) is 3.33. The monoisotopic (exact) mass is 391 g/mol. The molecule has 2 aliphatic rings. The van der Waals surface area contributed by atoms with Crippen molar-refractivity contribution in [1.29, 1.82) is 0 Å². The highest BCUT2D eigenvalue weighted by atomic mass is 16.5. The summed E-state index contributed by atoms with van der Waals surface area (Å²) in [6.45, 7) is 1.90. The molecule has 0 bridgehead atoms.